The molecule has 2 aromatic heterocycles. The summed E-state index contributed by atoms with van der Waals surface area (Å²) in [6, 6.07) is 8.58. The molecule has 16 heteroatoms. The van der Waals surface area contributed by atoms with E-state index in [-0.39, 0.29) is 22.6 Å². The second-order valence-electron chi connectivity index (χ2n) is 9.52. The molecule has 4 rings (SSSR count). The maximum atomic E-state index is 16.2. The number of aliphatic hydroxyl groups is 1. The van der Waals surface area contributed by atoms with Crippen LogP contribution in [-0.4, -0.2) is 67.5 Å². The summed E-state index contributed by atoms with van der Waals surface area (Å²) in [5.74, 6) is -0.546. The number of fused-ring (bicyclic) bond motifs is 1. The smallest absolute Gasteiger partial charge is 0.459 e. The molecule has 4 N–H and O–H groups in total. The van der Waals surface area contributed by atoms with Crippen molar-refractivity contribution in [1.29, 1.82) is 5.26 Å². The van der Waals surface area contributed by atoms with Crippen LogP contribution in [0.25, 0.3) is 11.0 Å². The van der Waals surface area contributed by atoms with Crippen molar-refractivity contribution in [3.63, 3.8) is 0 Å². The van der Waals surface area contributed by atoms with Gasteiger partial charge in [-0.2, -0.15) is 20.1 Å². The molecule has 0 saturated carbocycles. The average molecular weight is 578 g/mol. The molecule has 0 aliphatic carbocycles. The molecule has 3 aromatic rings. The highest BCUT2D eigenvalue weighted by molar-refractivity contribution is 7.52. The predicted octanol–water partition coefficient (Wildman–Crippen LogP) is 2.21. The highest BCUT2D eigenvalue weighted by atomic mass is 31.2. The highest BCUT2D eigenvalue weighted by Crippen LogP contribution is 2.50. The monoisotopic (exact) mass is 577 g/mol. The molecule has 1 aromatic carbocycles. The number of esters is 1. The molecule has 14 nitrogen and oxygen atoms in total. The fraction of sp³-hybridized carbons (Fsp3) is 0.458. The molecule has 0 amide bonds. The van der Waals surface area contributed by atoms with Gasteiger partial charge in [-0.05, 0) is 39.8 Å². The van der Waals surface area contributed by atoms with E-state index >= 15 is 4.39 Å². The molecule has 40 heavy (non-hydrogen) atoms. The van der Waals surface area contributed by atoms with Crippen molar-refractivity contribution in [3.05, 3.63) is 42.9 Å². The number of carbonyl (C=O) groups is 1. The zero-order chi connectivity index (χ0) is 29.3. The Hall–Kier alpha value is -3.67. The van der Waals surface area contributed by atoms with Gasteiger partial charge in [0.25, 0.3) is 5.72 Å². The van der Waals surface area contributed by atoms with Crippen LogP contribution in [0.4, 0.5) is 10.2 Å². The minimum Gasteiger partial charge on any atom is -0.462 e. The summed E-state index contributed by atoms with van der Waals surface area (Å²) in [5.41, 5.74) is 0.553. The fourth-order valence-electron chi connectivity index (χ4n) is 4.11. The normalized spacial score (nSPS) is 26.8. The molecular formula is C24H29FN7O7P. The summed E-state index contributed by atoms with van der Waals surface area (Å²) >= 11 is 0. The van der Waals surface area contributed by atoms with E-state index in [1.165, 1.54) is 25.3 Å². The lowest BCUT2D eigenvalue weighted by molar-refractivity contribution is -0.149. The molecule has 1 fully saturated rings. The molecule has 3 heterocycles. The van der Waals surface area contributed by atoms with Crippen molar-refractivity contribution in [1.82, 2.24) is 24.8 Å². The van der Waals surface area contributed by atoms with E-state index in [9.17, 15) is 19.7 Å². The van der Waals surface area contributed by atoms with E-state index in [4.69, 9.17) is 24.3 Å². The minimum atomic E-state index is -4.38. The SMILES string of the molecule is CC(C)OC(=O)[C@H](C)NP(=O)(OC[C@H]1O[C@@](C#N)(n2ncc3c(N)ncnc32)[C@](C)(F)[C@@H]1O)Oc1ccccc1. The number of benzene rings is 1. The van der Waals surface area contributed by atoms with Gasteiger partial charge in [-0.25, -0.2) is 18.9 Å². The van der Waals surface area contributed by atoms with Crippen LogP contribution in [0.5, 0.6) is 5.75 Å². The lowest BCUT2D eigenvalue weighted by Crippen LogP contribution is -2.52. The number of nitrogens with zero attached hydrogens (tertiary/aromatic N) is 5. The Bertz CT molecular complexity index is 1460. The van der Waals surface area contributed by atoms with Gasteiger partial charge in [0.2, 0.25) is 0 Å². The summed E-state index contributed by atoms with van der Waals surface area (Å²) in [4.78, 5) is 20.3. The number of nitriles is 1. The van der Waals surface area contributed by atoms with E-state index in [1.54, 1.807) is 38.1 Å². The van der Waals surface area contributed by atoms with Gasteiger partial charge in [0.1, 0.15) is 42.2 Å². The number of nitrogens with one attached hydrogen (secondary N) is 1. The van der Waals surface area contributed by atoms with Gasteiger partial charge in [-0.15, -0.1) is 0 Å². The number of para-hydroxylation sites is 1. The van der Waals surface area contributed by atoms with Crippen LogP contribution in [-0.2, 0) is 29.1 Å². The number of anilines is 1. The number of halogens is 1. The summed E-state index contributed by atoms with van der Waals surface area (Å²) in [6.07, 6.45) is -1.59. The summed E-state index contributed by atoms with van der Waals surface area (Å²) in [7, 11) is -4.38. The van der Waals surface area contributed by atoms with E-state index < -0.39 is 56.1 Å². The van der Waals surface area contributed by atoms with Crippen LogP contribution in [0, 0.1) is 11.3 Å². The number of aliphatic hydroxyl groups excluding tert-OH is 1. The third kappa shape index (κ3) is 5.36. The first-order valence-electron chi connectivity index (χ1n) is 12.2. The van der Waals surface area contributed by atoms with Gasteiger partial charge >= 0.3 is 13.7 Å². The number of alkyl halides is 1. The molecule has 1 aliphatic heterocycles. The predicted molar refractivity (Wildman–Crippen MR) is 138 cm³/mol. The van der Waals surface area contributed by atoms with E-state index in [2.05, 4.69) is 20.2 Å². The Labute approximate surface area is 228 Å². The van der Waals surface area contributed by atoms with Gasteiger partial charge in [-0.1, -0.05) is 18.2 Å². The molecular weight excluding hydrogens is 548 g/mol. The molecule has 1 aliphatic rings. The van der Waals surface area contributed by atoms with Gasteiger partial charge in [0.05, 0.1) is 24.3 Å². The van der Waals surface area contributed by atoms with Crippen molar-refractivity contribution < 1.29 is 37.4 Å². The van der Waals surface area contributed by atoms with Gasteiger partial charge in [0, 0.05) is 0 Å². The first-order valence-corrected chi connectivity index (χ1v) is 13.8. The molecule has 1 unspecified atom stereocenters. The van der Waals surface area contributed by atoms with Crippen molar-refractivity contribution in [2.75, 3.05) is 12.3 Å². The van der Waals surface area contributed by atoms with E-state index in [0.29, 0.717) is 0 Å². The first kappa shape index (κ1) is 29.3. The Balaban J connectivity index is 1.61. The van der Waals surface area contributed by atoms with Gasteiger partial charge in [0.15, 0.2) is 11.3 Å². The van der Waals surface area contributed by atoms with Crippen molar-refractivity contribution in [2.24, 2.45) is 0 Å². The molecule has 0 radical (unpaired) electrons. The van der Waals surface area contributed by atoms with Crippen molar-refractivity contribution in [2.45, 2.75) is 63.4 Å². The quantitative estimate of drug-likeness (QED) is 0.234. The van der Waals surface area contributed by atoms with Crippen LogP contribution in [0.1, 0.15) is 27.7 Å². The minimum absolute atomic E-state index is 0.0102. The summed E-state index contributed by atoms with van der Waals surface area (Å²) in [5, 5.41) is 27.8. The molecule has 1 saturated heterocycles. The number of ether oxygens (including phenoxy) is 2. The van der Waals surface area contributed by atoms with Crippen molar-refractivity contribution in [3.8, 4) is 11.8 Å². The number of carbonyl (C=O) groups excluding carboxylic acids is 1. The van der Waals surface area contributed by atoms with E-state index in [1.807, 2.05) is 0 Å². The first-order chi connectivity index (χ1) is 18.8. The third-order valence-corrected chi connectivity index (χ3v) is 7.82. The third-order valence-electron chi connectivity index (χ3n) is 6.17. The zero-order valence-electron chi connectivity index (χ0n) is 22.1. The maximum Gasteiger partial charge on any atom is 0.459 e. The highest BCUT2D eigenvalue weighted by Gasteiger charge is 2.68. The van der Waals surface area contributed by atoms with Crippen LogP contribution >= 0.6 is 7.75 Å². The fourth-order valence-corrected chi connectivity index (χ4v) is 5.61. The molecule has 0 spiro atoms. The Kier molecular flexibility index (Phi) is 8.11. The van der Waals surface area contributed by atoms with Crippen molar-refractivity contribution >= 4 is 30.6 Å². The second-order valence-corrected chi connectivity index (χ2v) is 11.2. The average Bonchev–Trinajstić information content (AvgIpc) is 3.41. The summed E-state index contributed by atoms with van der Waals surface area (Å²) in [6.45, 7) is 4.94. The topological polar surface area (TPSA) is 197 Å². The maximum absolute atomic E-state index is 16.2. The molecule has 214 valence electrons. The number of nitrogens with two attached hydrogens (primary N) is 1. The van der Waals surface area contributed by atoms with E-state index in [0.717, 1.165) is 17.9 Å². The largest absolute Gasteiger partial charge is 0.462 e. The lowest BCUT2D eigenvalue weighted by Gasteiger charge is -2.31. The second kappa shape index (κ2) is 11.1. The number of hydrogen-bond donors (Lipinski definition) is 3. The Morgan fingerprint density at radius 2 is 2.05 bits per heavy atom. The van der Waals surface area contributed by atoms with Gasteiger partial charge < -0.3 is 24.8 Å². The number of aromatic nitrogens is 4. The Morgan fingerprint density at radius 1 is 1.35 bits per heavy atom. The zero-order valence-corrected chi connectivity index (χ0v) is 23.0. The lowest BCUT2D eigenvalue weighted by atomic mass is 9.90. The molecule has 6 atom stereocenters. The van der Waals surface area contributed by atoms with Crippen LogP contribution in [0.3, 0.4) is 0 Å². The summed E-state index contributed by atoms with van der Waals surface area (Å²) < 4.78 is 52.9. The van der Waals surface area contributed by atoms with Crippen LogP contribution < -0.4 is 15.3 Å². The standard InChI is InChI=1S/C24H29FN7O7P/c1-14(2)37-22(34)15(3)31-40(35,39-16-8-6-5-7-9-16)36-11-18-19(33)23(4,25)24(12-26,38-18)32-21-17(10-30-32)20(27)28-13-29-21/h5-10,13-15,18-19,33H,11H2,1-4H3,(H,31,35)(H2,27,28,29)/t15-,18+,19+,23+,24+,40?/m0/s1. The van der Waals surface area contributed by atoms with Crippen LogP contribution in [0.2, 0.25) is 0 Å². The number of rotatable bonds is 10. The van der Waals surface area contributed by atoms with Gasteiger partial charge in [-0.3, -0.25) is 9.32 Å². The molecule has 0 bridgehead atoms. The number of hydrogen-bond acceptors (Lipinski definition) is 12. The number of nitrogen functional groups attached to an aromatic ring is 1. The van der Waals surface area contributed by atoms with Crippen LogP contribution in [0.15, 0.2) is 42.9 Å². The Morgan fingerprint density at radius 3 is 2.70 bits per heavy atom.